The smallest absolute Gasteiger partial charge is 0.394 e. The summed E-state index contributed by atoms with van der Waals surface area (Å²) in [5.74, 6) is 1.07. The fourth-order valence-electron chi connectivity index (χ4n) is 4.49. The van der Waals surface area contributed by atoms with Gasteiger partial charge in [0.15, 0.2) is 0 Å². The number of alkyl halides is 2. The number of hydrogen-bond donors (Lipinski definition) is 0. The monoisotopic (exact) mass is 582 g/mol. The fraction of sp³-hybridized carbons (Fsp3) is 0.714. The second kappa shape index (κ2) is 24.7. The van der Waals surface area contributed by atoms with E-state index in [1.165, 1.54) is 68.8 Å². The van der Waals surface area contributed by atoms with Gasteiger partial charge in [-0.05, 0) is 71.1 Å². The van der Waals surface area contributed by atoms with Crippen molar-refractivity contribution in [2.75, 3.05) is 39.4 Å². The van der Waals surface area contributed by atoms with Crippen molar-refractivity contribution in [3.63, 3.8) is 0 Å². The summed E-state index contributed by atoms with van der Waals surface area (Å²) in [6, 6.07) is 7.28. The van der Waals surface area contributed by atoms with Crippen LogP contribution in [0.2, 0.25) is 0 Å². The molecule has 6 heteroatoms. The highest BCUT2D eigenvalue weighted by molar-refractivity contribution is 5.26. The van der Waals surface area contributed by atoms with Crippen LogP contribution in [-0.4, -0.2) is 61.3 Å². The number of piperazine rings is 1. The molecule has 2 atom stereocenters. The van der Waals surface area contributed by atoms with Gasteiger partial charge in [-0.3, -0.25) is 4.90 Å². The third kappa shape index (κ3) is 20.6. The summed E-state index contributed by atoms with van der Waals surface area (Å²) in [6.07, 6.45) is 6.43. The Morgan fingerprint density at radius 3 is 2.07 bits per heavy atom. The first-order chi connectivity index (χ1) is 19.5. The molecule has 2 unspecified atom stereocenters. The number of ether oxygens (including phenoxy) is 2. The molecule has 1 aromatic rings. The van der Waals surface area contributed by atoms with Gasteiger partial charge < -0.3 is 14.4 Å². The molecule has 2 heterocycles. The Kier molecular flexibility index (Phi) is 24.8. The second-order valence-corrected chi connectivity index (χ2v) is 10.6. The fourth-order valence-corrected chi connectivity index (χ4v) is 4.49. The van der Waals surface area contributed by atoms with Crippen molar-refractivity contribution in [3.8, 4) is 5.75 Å². The molecule has 0 aromatic heterocycles. The van der Waals surface area contributed by atoms with Gasteiger partial charge in [-0.15, -0.1) is 0 Å². The van der Waals surface area contributed by atoms with E-state index >= 15 is 0 Å². The van der Waals surface area contributed by atoms with Crippen molar-refractivity contribution in [1.29, 1.82) is 0 Å². The van der Waals surface area contributed by atoms with Gasteiger partial charge in [0.2, 0.25) is 0 Å². The van der Waals surface area contributed by atoms with Crippen molar-refractivity contribution >= 4 is 0 Å². The molecule has 2 aliphatic rings. The van der Waals surface area contributed by atoms with Crippen LogP contribution < -0.4 is 4.74 Å². The highest BCUT2D eigenvalue weighted by Crippen LogP contribution is 2.27. The van der Waals surface area contributed by atoms with Crippen LogP contribution in [0.3, 0.4) is 0 Å². The van der Waals surface area contributed by atoms with Crippen LogP contribution in [-0.2, 0) is 4.74 Å². The lowest BCUT2D eigenvalue weighted by Gasteiger charge is -2.39. The largest absolute Gasteiger partial charge is 0.433 e. The molecule has 0 amide bonds. The highest BCUT2D eigenvalue weighted by atomic mass is 19.3. The van der Waals surface area contributed by atoms with E-state index in [1.807, 2.05) is 34.6 Å². The average Bonchev–Trinajstić information content (AvgIpc) is 3.32. The standard InChI is InChI=1S/C15H26N2.C9H10F2O.C7H16O.2C2H6/c1-5-14(8-12(2)3)17-7-6-16-10-13(4)9-15(16)11-17;1-7-3-5-8(6-4-7)12-9(2,10)11;1-3-5-7-8-6-4-2;2*1-2/h5,8,13,15H,6-7,9-11H2,1-4H3;3-6H,1-2H3;3-7H2,1-2H3;2*1-2H3/b14-5+;;;;. The minimum Gasteiger partial charge on any atom is -0.433 e. The Bertz CT molecular complexity index is 793. The summed E-state index contributed by atoms with van der Waals surface area (Å²) < 4.78 is 34.1. The molecule has 0 radical (unpaired) electrons. The van der Waals surface area contributed by atoms with Crippen LogP contribution in [0.15, 0.2) is 47.7 Å². The molecule has 2 aliphatic heterocycles. The first-order valence-corrected chi connectivity index (χ1v) is 16.0. The quantitative estimate of drug-likeness (QED) is 0.214. The maximum absolute atomic E-state index is 12.3. The molecule has 1 aromatic carbocycles. The number of hydrogen-bond acceptors (Lipinski definition) is 4. The maximum Gasteiger partial charge on any atom is 0.394 e. The van der Waals surface area contributed by atoms with Gasteiger partial charge in [-0.1, -0.05) is 84.2 Å². The molecule has 41 heavy (non-hydrogen) atoms. The number of rotatable bonds is 9. The number of aryl methyl sites for hydroxylation is 1. The first kappa shape index (κ1) is 41.2. The van der Waals surface area contributed by atoms with E-state index in [-0.39, 0.29) is 5.75 Å². The summed E-state index contributed by atoms with van der Waals surface area (Å²) >= 11 is 0. The van der Waals surface area contributed by atoms with Crippen LogP contribution >= 0.6 is 0 Å². The summed E-state index contributed by atoms with van der Waals surface area (Å²) in [5, 5.41) is 0. The molecule has 240 valence electrons. The second-order valence-electron chi connectivity index (χ2n) is 10.6. The van der Waals surface area contributed by atoms with Crippen LogP contribution in [0.4, 0.5) is 8.78 Å². The van der Waals surface area contributed by atoms with Gasteiger partial charge in [-0.2, -0.15) is 8.78 Å². The van der Waals surface area contributed by atoms with Gasteiger partial charge in [0.25, 0.3) is 0 Å². The molecular formula is C35H64F2N2O2. The van der Waals surface area contributed by atoms with Crippen LogP contribution in [0.25, 0.3) is 0 Å². The zero-order valence-electron chi connectivity index (χ0n) is 28.7. The zero-order valence-corrected chi connectivity index (χ0v) is 28.7. The highest BCUT2D eigenvalue weighted by Gasteiger charge is 2.34. The van der Waals surface area contributed by atoms with Crippen molar-refractivity contribution in [2.45, 2.75) is 121 Å². The molecule has 3 rings (SSSR count). The van der Waals surface area contributed by atoms with E-state index in [0.717, 1.165) is 37.2 Å². The van der Waals surface area contributed by atoms with Crippen molar-refractivity contribution in [2.24, 2.45) is 5.92 Å². The lowest BCUT2D eigenvalue weighted by molar-refractivity contribution is -0.158. The molecule has 0 aliphatic carbocycles. The van der Waals surface area contributed by atoms with E-state index < -0.39 is 6.11 Å². The lowest BCUT2D eigenvalue weighted by atomic mass is 10.1. The Morgan fingerprint density at radius 1 is 0.976 bits per heavy atom. The van der Waals surface area contributed by atoms with Crippen molar-refractivity contribution < 1.29 is 18.3 Å². The number of nitrogens with zero attached hydrogens (tertiary/aromatic N) is 2. The maximum atomic E-state index is 12.3. The van der Waals surface area contributed by atoms with E-state index in [0.29, 0.717) is 6.92 Å². The molecule has 0 spiro atoms. The Balaban J connectivity index is 0. The molecule has 0 saturated carbocycles. The Labute approximate surface area is 253 Å². The third-order valence-corrected chi connectivity index (χ3v) is 6.23. The lowest BCUT2D eigenvalue weighted by Crippen LogP contribution is -2.49. The number of unbranched alkanes of at least 4 members (excludes halogenated alkanes) is 1. The third-order valence-electron chi connectivity index (χ3n) is 6.23. The molecule has 0 N–H and O–H groups in total. The summed E-state index contributed by atoms with van der Waals surface area (Å²) in [6.45, 7) is 30.6. The van der Waals surface area contributed by atoms with E-state index in [1.54, 1.807) is 12.1 Å². The van der Waals surface area contributed by atoms with Crippen LogP contribution in [0, 0.1) is 12.8 Å². The van der Waals surface area contributed by atoms with Gasteiger partial charge in [0, 0.05) is 58.1 Å². The first-order valence-electron chi connectivity index (χ1n) is 16.0. The van der Waals surface area contributed by atoms with Gasteiger partial charge in [-0.25, -0.2) is 0 Å². The number of benzene rings is 1. The number of fused-ring (bicyclic) bond motifs is 1. The summed E-state index contributed by atoms with van der Waals surface area (Å²) in [5.41, 5.74) is 3.81. The Morgan fingerprint density at radius 2 is 1.59 bits per heavy atom. The summed E-state index contributed by atoms with van der Waals surface area (Å²) in [7, 11) is 0. The van der Waals surface area contributed by atoms with Crippen molar-refractivity contribution in [3.05, 3.63) is 53.3 Å². The predicted octanol–water partition coefficient (Wildman–Crippen LogP) is 10.1. The van der Waals surface area contributed by atoms with Gasteiger partial charge in [0.1, 0.15) is 5.75 Å². The SMILES string of the molecule is C/C=C(\C=C(C)C)N1CCN2CC(C)CC2C1.CC.CC.CCCCOCCC.Cc1ccc(OC(C)(F)F)cc1. The minimum atomic E-state index is -3.10. The predicted molar refractivity (Wildman–Crippen MR) is 175 cm³/mol. The van der Waals surface area contributed by atoms with E-state index in [2.05, 4.69) is 68.2 Å². The van der Waals surface area contributed by atoms with Crippen molar-refractivity contribution in [1.82, 2.24) is 9.80 Å². The van der Waals surface area contributed by atoms with Gasteiger partial charge >= 0.3 is 6.11 Å². The van der Waals surface area contributed by atoms with E-state index in [4.69, 9.17) is 4.74 Å². The average molecular weight is 583 g/mol. The van der Waals surface area contributed by atoms with E-state index in [9.17, 15) is 8.78 Å². The summed E-state index contributed by atoms with van der Waals surface area (Å²) in [4.78, 5) is 5.24. The number of allylic oxidation sites excluding steroid dienone is 3. The minimum absolute atomic E-state index is 0.188. The van der Waals surface area contributed by atoms with Crippen LogP contribution in [0.5, 0.6) is 5.75 Å². The number of halogens is 2. The molecule has 4 nitrogen and oxygen atoms in total. The van der Waals surface area contributed by atoms with Gasteiger partial charge in [0.05, 0.1) is 0 Å². The topological polar surface area (TPSA) is 24.9 Å². The Hall–Kier alpha value is -1.92. The van der Waals surface area contributed by atoms with Crippen LogP contribution in [0.1, 0.15) is 107 Å². The molecule has 0 bridgehead atoms. The molecule has 2 saturated heterocycles. The molecule has 2 fully saturated rings. The molecular weight excluding hydrogens is 518 g/mol. The zero-order chi connectivity index (χ0) is 31.8. The normalized spacial score (nSPS) is 18.1.